The second-order valence-corrected chi connectivity index (χ2v) is 9.89. The summed E-state index contributed by atoms with van der Waals surface area (Å²) < 4.78 is 66.5. The fourth-order valence-electron chi connectivity index (χ4n) is 3.99. The Balaban J connectivity index is 2.04. The average molecular weight is 517 g/mol. The Morgan fingerprint density at radius 1 is 1.14 bits per heavy atom. The van der Waals surface area contributed by atoms with Crippen LogP contribution in [0.15, 0.2) is 48.6 Å². The molecule has 0 spiro atoms. The molecule has 3 aromatic rings. The van der Waals surface area contributed by atoms with Crippen molar-refractivity contribution in [3.05, 3.63) is 77.0 Å². The number of hydrogen-bond donors (Lipinski definition) is 1. The van der Waals surface area contributed by atoms with E-state index in [0.29, 0.717) is 22.0 Å². The van der Waals surface area contributed by atoms with Gasteiger partial charge >= 0.3 is 0 Å². The molecule has 1 aliphatic heterocycles. The molecule has 4 rings (SSSR count). The van der Waals surface area contributed by atoms with Gasteiger partial charge in [0.2, 0.25) is 16.8 Å². The van der Waals surface area contributed by atoms with Gasteiger partial charge in [-0.1, -0.05) is 18.2 Å². The maximum Gasteiger partial charge on any atom is 0.281 e. The normalized spacial score (nSPS) is 13.5. The molecule has 0 bridgehead atoms. The maximum absolute atomic E-state index is 14.6. The van der Waals surface area contributed by atoms with Crippen LogP contribution >= 0.6 is 0 Å². The molecule has 8 nitrogen and oxygen atoms in total. The van der Waals surface area contributed by atoms with Crippen LogP contribution in [-0.2, 0) is 21.4 Å². The van der Waals surface area contributed by atoms with Crippen LogP contribution in [0.5, 0.6) is 11.5 Å². The highest BCUT2D eigenvalue weighted by molar-refractivity contribution is 7.89. The van der Waals surface area contributed by atoms with Crippen molar-refractivity contribution in [2.75, 3.05) is 13.0 Å². The molecule has 1 amide bonds. The Hall–Kier alpha value is -3.99. The number of nitrogens with zero attached hydrogens (tertiary/aromatic N) is 1. The van der Waals surface area contributed by atoms with E-state index in [0.717, 1.165) is 24.5 Å². The zero-order valence-corrected chi connectivity index (χ0v) is 20.4. The zero-order chi connectivity index (χ0) is 26.2. The van der Waals surface area contributed by atoms with Crippen molar-refractivity contribution in [3.63, 3.8) is 0 Å². The van der Waals surface area contributed by atoms with E-state index < -0.39 is 27.6 Å². The number of carbonyl (C=O) groups excluding carboxylic acids is 2. The zero-order valence-electron chi connectivity index (χ0n) is 19.6. The number of nitrogens with one attached hydrogen (secondary N) is 1. The van der Waals surface area contributed by atoms with E-state index >= 15 is 0 Å². The number of Topliss-reactive ketones (excluding diaryl/α,β-unsaturated/α-hetero) is 1. The number of halogens is 2. The van der Waals surface area contributed by atoms with E-state index in [1.807, 2.05) is 4.72 Å². The second-order valence-electron chi connectivity index (χ2n) is 8.14. The predicted molar refractivity (Wildman–Crippen MR) is 129 cm³/mol. The SMILES string of the molecule is C/C=C\C=C(/C(C)=O)c1cc2c(cc(C(=O)NS(C)(=O)=O)n2Cc2cc(F)ccc2F)c2c1OCO2. The lowest BCUT2D eigenvalue weighted by Crippen LogP contribution is -2.31. The van der Waals surface area contributed by atoms with Gasteiger partial charge in [0.1, 0.15) is 17.3 Å². The van der Waals surface area contributed by atoms with Gasteiger partial charge in [0.25, 0.3) is 5.91 Å². The first-order valence-electron chi connectivity index (χ1n) is 10.8. The summed E-state index contributed by atoms with van der Waals surface area (Å²) in [6.07, 6.45) is 5.84. The predicted octanol–water partition coefficient (Wildman–Crippen LogP) is 3.93. The van der Waals surface area contributed by atoms with E-state index in [4.69, 9.17) is 9.47 Å². The number of allylic oxidation sites excluding steroid dienone is 4. The highest BCUT2D eigenvalue weighted by Gasteiger charge is 2.29. The molecule has 0 unspecified atom stereocenters. The van der Waals surface area contributed by atoms with Crippen molar-refractivity contribution in [1.82, 2.24) is 9.29 Å². The molecular formula is C25H22F2N2O6S. The highest BCUT2D eigenvalue weighted by atomic mass is 32.2. The fraction of sp³-hybridized carbons (Fsp3) is 0.200. The Labute approximate surface area is 205 Å². The molecule has 188 valence electrons. The minimum absolute atomic E-state index is 0.0728. The van der Waals surface area contributed by atoms with Gasteiger partial charge in [0.05, 0.1) is 18.3 Å². The summed E-state index contributed by atoms with van der Waals surface area (Å²) in [7, 11) is -3.93. The lowest BCUT2D eigenvalue weighted by atomic mass is 9.98. The van der Waals surface area contributed by atoms with Crippen molar-refractivity contribution in [2.45, 2.75) is 20.4 Å². The molecule has 2 heterocycles. The van der Waals surface area contributed by atoms with Gasteiger partial charge in [-0.3, -0.25) is 9.59 Å². The monoisotopic (exact) mass is 516 g/mol. The van der Waals surface area contributed by atoms with Crippen LogP contribution in [0.2, 0.25) is 0 Å². The summed E-state index contributed by atoms with van der Waals surface area (Å²) in [5.41, 5.74) is 0.773. The van der Waals surface area contributed by atoms with Crippen molar-refractivity contribution in [3.8, 4) is 11.5 Å². The number of carbonyl (C=O) groups is 2. The van der Waals surface area contributed by atoms with Crippen molar-refractivity contribution >= 4 is 38.2 Å². The topological polar surface area (TPSA) is 104 Å². The van der Waals surface area contributed by atoms with Crippen LogP contribution in [0.1, 0.15) is 35.5 Å². The number of benzene rings is 2. The quantitative estimate of drug-likeness (QED) is 0.377. The van der Waals surface area contributed by atoms with Gasteiger partial charge in [-0.15, -0.1) is 0 Å². The first-order chi connectivity index (χ1) is 17.0. The largest absolute Gasteiger partial charge is 0.453 e. The van der Waals surface area contributed by atoms with E-state index in [-0.39, 0.29) is 41.9 Å². The van der Waals surface area contributed by atoms with Crippen LogP contribution in [0.4, 0.5) is 8.78 Å². The minimum Gasteiger partial charge on any atom is -0.453 e. The third-order valence-electron chi connectivity index (χ3n) is 5.49. The Morgan fingerprint density at radius 3 is 2.53 bits per heavy atom. The van der Waals surface area contributed by atoms with Crippen LogP contribution in [-0.4, -0.2) is 37.7 Å². The summed E-state index contributed by atoms with van der Waals surface area (Å²) in [6.45, 7) is 2.71. The fourth-order valence-corrected chi connectivity index (χ4v) is 4.43. The molecule has 0 aliphatic carbocycles. The van der Waals surface area contributed by atoms with Crippen LogP contribution < -0.4 is 14.2 Å². The van der Waals surface area contributed by atoms with Gasteiger partial charge in [-0.25, -0.2) is 21.9 Å². The van der Waals surface area contributed by atoms with Gasteiger partial charge in [0.15, 0.2) is 17.3 Å². The molecule has 0 radical (unpaired) electrons. The first kappa shape index (κ1) is 25.1. The molecule has 0 saturated carbocycles. The number of sulfonamides is 1. The number of fused-ring (bicyclic) bond motifs is 3. The summed E-state index contributed by atoms with van der Waals surface area (Å²) in [6, 6.07) is 5.87. The number of hydrogen-bond acceptors (Lipinski definition) is 6. The molecule has 1 aromatic heterocycles. The third kappa shape index (κ3) is 4.87. The van der Waals surface area contributed by atoms with Crippen LogP contribution in [0, 0.1) is 11.6 Å². The number of amides is 1. The molecule has 11 heteroatoms. The van der Waals surface area contributed by atoms with Gasteiger partial charge in [0, 0.05) is 22.1 Å². The molecule has 36 heavy (non-hydrogen) atoms. The van der Waals surface area contributed by atoms with E-state index in [1.165, 1.54) is 17.6 Å². The van der Waals surface area contributed by atoms with Crippen LogP contribution in [0.25, 0.3) is 16.5 Å². The number of aromatic nitrogens is 1. The van der Waals surface area contributed by atoms with Gasteiger partial charge in [-0.2, -0.15) is 0 Å². The molecule has 2 aromatic carbocycles. The molecule has 1 N–H and O–H groups in total. The molecule has 0 atom stereocenters. The van der Waals surface area contributed by atoms with Gasteiger partial charge in [-0.05, 0) is 44.2 Å². The van der Waals surface area contributed by atoms with Crippen molar-refractivity contribution < 1.29 is 36.3 Å². The third-order valence-corrected chi connectivity index (χ3v) is 6.05. The second kappa shape index (κ2) is 9.57. The summed E-state index contributed by atoms with van der Waals surface area (Å²) in [5.74, 6) is -2.13. The lowest BCUT2D eigenvalue weighted by molar-refractivity contribution is -0.111. The first-order valence-corrected chi connectivity index (χ1v) is 12.7. The summed E-state index contributed by atoms with van der Waals surface area (Å²) in [5, 5.41) is 0.371. The van der Waals surface area contributed by atoms with E-state index in [9.17, 15) is 26.8 Å². The van der Waals surface area contributed by atoms with Crippen molar-refractivity contribution in [1.29, 1.82) is 0 Å². The minimum atomic E-state index is -3.93. The van der Waals surface area contributed by atoms with E-state index in [2.05, 4.69) is 0 Å². The lowest BCUT2D eigenvalue weighted by Gasteiger charge is -2.14. The standard InChI is InChI=1S/C25H22F2N2O6S/c1-4-5-6-17(14(2)30)18-10-21-19(24-23(18)34-13-35-24)11-22(25(31)28-36(3,32)33)29(21)12-15-9-16(26)7-8-20(15)27/h4-11H,12-13H2,1-3H3,(H,28,31)/b5-4-,17-6+. The average Bonchev–Trinajstić information content (AvgIpc) is 3.40. The smallest absolute Gasteiger partial charge is 0.281 e. The summed E-state index contributed by atoms with van der Waals surface area (Å²) in [4.78, 5) is 25.4. The molecular weight excluding hydrogens is 494 g/mol. The Kier molecular flexibility index (Phi) is 6.68. The van der Waals surface area contributed by atoms with Crippen LogP contribution in [0.3, 0.4) is 0 Å². The Bertz CT molecular complexity index is 1570. The van der Waals surface area contributed by atoms with Crippen molar-refractivity contribution in [2.24, 2.45) is 0 Å². The molecule has 0 fully saturated rings. The maximum atomic E-state index is 14.6. The van der Waals surface area contributed by atoms with Gasteiger partial charge < -0.3 is 14.0 Å². The number of ketones is 1. The summed E-state index contributed by atoms with van der Waals surface area (Å²) >= 11 is 0. The number of rotatable bonds is 7. The molecule has 0 saturated heterocycles. The van der Waals surface area contributed by atoms with E-state index in [1.54, 1.807) is 31.2 Å². The Morgan fingerprint density at radius 2 is 1.86 bits per heavy atom. The molecule has 1 aliphatic rings. The highest BCUT2D eigenvalue weighted by Crippen LogP contribution is 2.46. The number of ether oxygens (including phenoxy) is 2.